The molecule has 6 heteroatoms. The normalized spacial score (nSPS) is 10.8. The fourth-order valence-electron chi connectivity index (χ4n) is 1.37. The van der Waals surface area contributed by atoms with Gasteiger partial charge in [-0.3, -0.25) is 4.98 Å². The van der Waals surface area contributed by atoms with Crippen LogP contribution < -0.4 is 5.32 Å². The number of rotatable bonds is 4. The maximum Gasteiger partial charge on any atom is 0.0897 e. The first-order valence-electron chi connectivity index (χ1n) is 5.07. The Labute approximate surface area is 121 Å². The van der Waals surface area contributed by atoms with Gasteiger partial charge in [-0.2, -0.15) is 0 Å². The molecular weight excluding hydrogens is 366 g/mol. The van der Waals surface area contributed by atoms with Gasteiger partial charge in [0, 0.05) is 33.6 Å². The predicted molar refractivity (Wildman–Crippen MR) is 77.0 cm³/mol. The lowest BCUT2D eigenvalue weighted by atomic mass is 10.3. The summed E-state index contributed by atoms with van der Waals surface area (Å²) in [5.41, 5.74) is 2.08. The molecule has 0 saturated carbocycles. The Kier molecular flexibility index (Phi) is 4.67. The zero-order chi connectivity index (χ0) is 12.3. The van der Waals surface area contributed by atoms with Gasteiger partial charge >= 0.3 is 0 Å². The van der Waals surface area contributed by atoms with E-state index in [-0.39, 0.29) is 0 Å². The molecule has 0 saturated heterocycles. The molecule has 0 radical (unpaired) electrons. The largest absolute Gasteiger partial charge is 0.305 e. The van der Waals surface area contributed by atoms with Gasteiger partial charge in [-0.1, -0.05) is 0 Å². The van der Waals surface area contributed by atoms with E-state index in [2.05, 4.69) is 52.5 Å². The van der Waals surface area contributed by atoms with Crippen molar-refractivity contribution in [2.75, 3.05) is 0 Å². The minimum Gasteiger partial charge on any atom is -0.305 e. The zero-order valence-electron chi connectivity index (χ0n) is 9.20. The standard InChI is InChI=1S/C11H11Br2N3S/c1-7-16-9(6-17-7)4-14-5-11-10(13)2-8(12)3-15-11/h2-3,6,14H,4-5H2,1H3. The van der Waals surface area contributed by atoms with E-state index < -0.39 is 0 Å². The Balaban J connectivity index is 1.90. The van der Waals surface area contributed by atoms with Crippen LogP contribution in [0.4, 0.5) is 0 Å². The van der Waals surface area contributed by atoms with Crippen molar-refractivity contribution in [3.05, 3.63) is 43.0 Å². The fraction of sp³-hybridized carbons (Fsp3) is 0.273. The van der Waals surface area contributed by atoms with Crippen molar-refractivity contribution in [2.24, 2.45) is 0 Å². The van der Waals surface area contributed by atoms with Crippen molar-refractivity contribution in [1.82, 2.24) is 15.3 Å². The van der Waals surface area contributed by atoms with Crippen molar-refractivity contribution in [3.63, 3.8) is 0 Å². The molecule has 0 bridgehead atoms. The topological polar surface area (TPSA) is 37.8 Å². The molecule has 0 unspecified atom stereocenters. The number of hydrogen-bond acceptors (Lipinski definition) is 4. The average Bonchev–Trinajstić information content (AvgIpc) is 2.68. The number of aryl methyl sites for hydroxylation is 1. The maximum absolute atomic E-state index is 4.39. The number of hydrogen-bond donors (Lipinski definition) is 1. The molecule has 0 aliphatic carbocycles. The summed E-state index contributed by atoms with van der Waals surface area (Å²) >= 11 is 8.55. The van der Waals surface area contributed by atoms with Gasteiger partial charge in [0.15, 0.2) is 0 Å². The van der Waals surface area contributed by atoms with Crippen molar-refractivity contribution >= 4 is 43.2 Å². The fourth-order valence-corrected chi connectivity index (χ4v) is 3.11. The highest BCUT2D eigenvalue weighted by atomic mass is 79.9. The monoisotopic (exact) mass is 375 g/mol. The van der Waals surface area contributed by atoms with Gasteiger partial charge in [-0.15, -0.1) is 11.3 Å². The Morgan fingerprint density at radius 2 is 2.18 bits per heavy atom. The molecule has 0 spiro atoms. The van der Waals surface area contributed by atoms with Crippen LogP contribution in [0, 0.1) is 6.92 Å². The lowest BCUT2D eigenvalue weighted by Crippen LogP contribution is -2.14. The van der Waals surface area contributed by atoms with E-state index in [1.807, 2.05) is 13.0 Å². The molecular formula is C11H11Br2N3S. The SMILES string of the molecule is Cc1nc(CNCc2ncc(Br)cc2Br)cs1. The van der Waals surface area contributed by atoms with Gasteiger partial charge in [0.2, 0.25) is 0 Å². The summed E-state index contributed by atoms with van der Waals surface area (Å²) in [5.74, 6) is 0. The van der Waals surface area contributed by atoms with E-state index in [0.29, 0.717) is 0 Å². The highest BCUT2D eigenvalue weighted by molar-refractivity contribution is 9.11. The molecule has 0 fully saturated rings. The third kappa shape index (κ3) is 3.84. The lowest BCUT2D eigenvalue weighted by Gasteiger charge is -2.05. The number of nitrogens with zero attached hydrogens (tertiary/aromatic N) is 2. The van der Waals surface area contributed by atoms with Gasteiger partial charge in [0.1, 0.15) is 0 Å². The Hall–Kier alpha value is -0.300. The van der Waals surface area contributed by atoms with E-state index >= 15 is 0 Å². The summed E-state index contributed by atoms with van der Waals surface area (Å²) in [7, 11) is 0. The van der Waals surface area contributed by atoms with Crippen LogP contribution in [-0.4, -0.2) is 9.97 Å². The molecule has 2 rings (SSSR count). The van der Waals surface area contributed by atoms with Crippen LogP contribution in [0.25, 0.3) is 0 Å². The number of halogens is 2. The molecule has 0 amide bonds. The molecule has 90 valence electrons. The summed E-state index contributed by atoms with van der Waals surface area (Å²) in [6, 6.07) is 2.00. The molecule has 0 aromatic carbocycles. The Morgan fingerprint density at radius 1 is 1.35 bits per heavy atom. The Bertz CT molecular complexity index is 513. The first kappa shape index (κ1) is 13.1. The first-order chi connectivity index (χ1) is 8.15. The molecule has 1 N–H and O–H groups in total. The van der Waals surface area contributed by atoms with Crippen LogP contribution in [-0.2, 0) is 13.1 Å². The Morgan fingerprint density at radius 3 is 2.82 bits per heavy atom. The minimum absolute atomic E-state index is 0.727. The summed E-state index contributed by atoms with van der Waals surface area (Å²) in [6.07, 6.45) is 1.80. The molecule has 2 aromatic heterocycles. The number of nitrogens with one attached hydrogen (secondary N) is 1. The van der Waals surface area contributed by atoms with Crippen LogP contribution in [0.3, 0.4) is 0 Å². The maximum atomic E-state index is 4.39. The van der Waals surface area contributed by atoms with Crippen molar-refractivity contribution in [3.8, 4) is 0 Å². The van der Waals surface area contributed by atoms with Crippen molar-refractivity contribution in [1.29, 1.82) is 0 Å². The molecule has 0 aliphatic rings. The van der Waals surface area contributed by atoms with Gasteiger partial charge in [-0.05, 0) is 44.8 Å². The smallest absolute Gasteiger partial charge is 0.0897 e. The van der Waals surface area contributed by atoms with Crippen molar-refractivity contribution < 1.29 is 0 Å². The quantitative estimate of drug-likeness (QED) is 0.884. The van der Waals surface area contributed by atoms with Gasteiger partial charge in [0.05, 0.1) is 16.4 Å². The highest BCUT2D eigenvalue weighted by Gasteiger charge is 2.03. The zero-order valence-corrected chi connectivity index (χ0v) is 13.2. The van der Waals surface area contributed by atoms with Crippen LogP contribution in [0.5, 0.6) is 0 Å². The predicted octanol–water partition coefficient (Wildman–Crippen LogP) is 3.66. The summed E-state index contributed by atoms with van der Waals surface area (Å²) in [5, 5.41) is 6.51. The highest BCUT2D eigenvalue weighted by Crippen LogP contribution is 2.19. The third-order valence-electron chi connectivity index (χ3n) is 2.15. The molecule has 3 nitrogen and oxygen atoms in total. The molecule has 0 aliphatic heterocycles. The molecule has 2 heterocycles. The summed E-state index contributed by atoms with van der Waals surface area (Å²) in [4.78, 5) is 8.73. The van der Waals surface area contributed by atoms with Crippen LogP contribution in [0.1, 0.15) is 16.4 Å². The second kappa shape index (κ2) is 6.04. The van der Waals surface area contributed by atoms with Gasteiger partial charge in [0.25, 0.3) is 0 Å². The van der Waals surface area contributed by atoms with E-state index in [1.165, 1.54) is 0 Å². The van der Waals surface area contributed by atoms with Gasteiger partial charge < -0.3 is 5.32 Å². The molecule has 0 atom stereocenters. The second-order valence-electron chi connectivity index (χ2n) is 3.54. The lowest BCUT2D eigenvalue weighted by molar-refractivity contribution is 0.667. The molecule has 2 aromatic rings. The third-order valence-corrected chi connectivity index (χ3v) is 4.09. The number of pyridine rings is 1. The van der Waals surface area contributed by atoms with Crippen LogP contribution in [0.15, 0.2) is 26.6 Å². The van der Waals surface area contributed by atoms with E-state index in [9.17, 15) is 0 Å². The summed E-state index contributed by atoms with van der Waals surface area (Å²) in [6.45, 7) is 3.51. The van der Waals surface area contributed by atoms with Gasteiger partial charge in [-0.25, -0.2) is 4.98 Å². The minimum atomic E-state index is 0.727. The van der Waals surface area contributed by atoms with E-state index in [4.69, 9.17) is 0 Å². The molecule has 17 heavy (non-hydrogen) atoms. The van der Waals surface area contributed by atoms with E-state index in [1.54, 1.807) is 17.5 Å². The first-order valence-corrected chi connectivity index (χ1v) is 7.53. The number of aromatic nitrogens is 2. The number of thiazole rings is 1. The van der Waals surface area contributed by atoms with Crippen molar-refractivity contribution in [2.45, 2.75) is 20.0 Å². The van der Waals surface area contributed by atoms with Crippen LogP contribution >= 0.6 is 43.2 Å². The summed E-state index contributed by atoms with van der Waals surface area (Å²) < 4.78 is 1.98. The van der Waals surface area contributed by atoms with Crippen LogP contribution in [0.2, 0.25) is 0 Å². The average molecular weight is 377 g/mol. The van der Waals surface area contributed by atoms with E-state index in [0.717, 1.165) is 38.4 Å². The second-order valence-corrected chi connectivity index (χ2v) is 6.38.